The predicted octanol–water partition coefficient (Wildman–Crippen LogP) is 4.39. The Kier molecular flexibility index (Phi) is 4.86. The standard InChI is InChI=1S/C15H14BrClO2/c1-19-11-6-7-12(13(16)9-11)15(18)8-10-4-2-3-5-14(10)17/h2-7,9,15,18H,8H2,1H3. The molecule has 1 N–H and O–H groups in total. The molecule has 0 radical (unpaired) electrons. The number of hydrogen-bond donors (Lipinski definition) is 1. The van der Waals surface area contributed by atoms with Gasteiger partial charge in [-0.1, -0.05) is 51.8 Å². The molecule has 0 aromatic heterocycles. The summed E-state index contributed by atoms with van der Waals surface area (Å²) in [5, 5.41) is 11.0. The van der Waals surface area contributed by atoms with Crippen molar-refractivity contribution in [3.05, 3.63) is 63.1 Å². The summed E-state index contributed by atoms with van der Waals surface area (Å²) in [5.74, 6) is 0.751. The largest absolute Gasteiger partial charge is 0.497 e. The van der Waals surface area contributed by atoms with E-state index in [1.165, 1.54) is 0 Å². The molecule has 2 aromatic carbocycles. The van der Waals surface area contributed by atoms with Crippen LogP contribution in [0.1, 0.15) is 17.2 Å². The summed E-state index contributed by atoms with van der Waals surface area (Å²) in [6.07, 6.45) is -0.134. The van der Waals surface area contributed by atoms with Crippen LogP contribution in [0.5, 0.6) is 5.75 Å². The fourth-order valence-electron chi connectivity index (χ4n) is 1.89. The minimum atomic E-state index is -0.611. The van der Waals surface area contributed by atoms with Crippen LogP contribution >= 0.6 is 27.5 Å². The normalized spacial score (nSPS) is 12.2. The first-order valence-corrected chi connectivity index (χ1v) is 7.04. The van der Waals surface area contributed by atoms with E-state index < -0.39 is 6.10 Å². The van der Waals surface area contributed by atoms with E-state index in [0.29, 0.717) is 11.4 Å². The highest BCUT2D eigenvalue weighted by atomic mass is 79.9. The molecule has 1 unspecified atom stereocenters. The van der Waals surface area contributed by atoms with Crippen molar-refractivity contribution < 1.29 is 9.84 Å². The van der Waals surface area contributed by atoms with Crippen LogP contribution in [0.2, 0.25) is 5.02 Å². The molecule has 19 heavy (non-hydrogen) atoms. The van der Waals surface area contributed by atoms with Crippen molar-refractivity contribution in [1.29, 1.82) is 0 Å². The molecule has 0 fully saturated rings. The second-order valence-electron chi connectivity index (χ2n) is 4.20. The van der Waals surface area contributed by atoms with Gasteiger partial charge in [0.05, 0.1) is 13.2 Å². The molecular formula is C15H14BrClO2. The van der Waals surface area contributed by atoms with E-state index in [2.05, 4.69) is 15.9 Å². The molecule has 2 aromatic rings. The monoisotopic (exact) mass is 340 g/mol. The van der Waals surface area contributed by atoms with E-state index in [4.69, 9.17) is 16.3 Å². The van der Waals surface area contributed by atoms with Crippen LogP contribution in [0.15, 0.2) is 46.9 Å². The highest BCUT2D eigenvalue weighted by molar-refractivity contribution is 9.10. The van der Waals surface area contributed by atoms with Crippen molar-refractivity contribution in [1.82, 2.24) is 0 Å². The SMILES string of the molecule is COc1ccc(C(O)Cc2ccccc2Cl)c(Br)c1. The smallest absolute Gasteiger partial charge is 0.120 e. The Bertz CT molecular complexity index is 572. The number of ether oxygens (including phenoxy) is 1. The summed E-state index contributed by atoms with van der Waals surface area (Å²) >= 11 is 9.55. The molecule has 2 nitrogen and oxygen atoms in total. The van der Waals surface area contributed by atoms with Crippen molar-refractivity contribution in [2.24, 2.45) is 0 Å². The van der Waals surface area contributed by atoms with Gasteiger partial charge in [-0.2, -0.15) is 0 Å². The number of aliphatic hydroxyl groups is 1. The van der Waals surface area contributed by atoms with E-state index in [1.807, 2.05) is 42.5 Å². The highest BCUT2D eigenvalue weighted by Gasteiger charge is 2.14. The van der Waals surface area contributed by atoms with E-state index in [-0.39, 0.29) is 0 Å². The Morgan fingerprint density at radius 2 is 2.00 bits per heavy atom. The molecular weight excluding hydrogens is 328 g/mol. The quantitative estimate of drug-likeness (QED) is 0.894. The van der Waals surface area contributed by atoms with Crippen molar-refractivity contribution >= 4 is 27.5 Å². The first-order valence-electron chi connectivity index (χ1n) is 5.86. The lowest BCUT2D eigenvalue weighted by Crippen LogP contribution is -2.03. The number of benzene rings is 2. The van der Waals surface area contributed by atoms with Crippen molar-refractivity contribution in [2.75, 3.05) is 7.11 Å². The molecule has 0 saturated carbocycles. The highest BCUT2D eigenvalue weighted by Crippen LogP contribution is 2.30. The molecule has 0 spiro atoms. The summed E-state index contributed by atoms with van der Waals surface area (Å²) in [7, 11) is 1.61. The molecule has 0 aliphatic carbocycles. The van der Waals surface area contributed by atoms with Gasteiger partial charge in [-0.15, -0.1) is 0 Å². The predicted molar refractivity (Wildman–Crippen MR) is 80.8 cm³/mol. The van der Waals surface area contributed by atoms with E-state index in [1.54, 1.807) is 7.11 Å². The van der Waals surface area contributed by atoms with Gasteiger partial charge in [0, 0.05) is 15.9 Å². The first kappa shape index (κ1) is 14.4. The maximum Gasteiger partial charge on any atom is 0.120 e. The minimum Gasteiger partial charge on any atom is -0.497 e. The molecule has 0 saturated heterocycles. The summed E-state index contributed by atoms with van der Waals surface area (Å²) < 4.78 is 5.96. The van der Waals surface area contributed by atoms with Gasteiger partial charge in [0.25, 0.3) is 0 Å². The fraction of sp³-hybridized carbons (Fsp3) is 0.200. The van der Waals surface area contributed by atoms with Gasteiger partial charge in [-0.05, 0) is 29.3 Å². The van der Waals surface area contributed by atoms with Gasteiger partial charge in [-0.3, -0.25) is 0 Å². The van der Waals surface area contributed by atoms with E-state index >= 15 is 0 Å². The van der Waals surface area contributed by atoms with Crippen LogP contribution in [0.25, 0.3) is 0 Å². The summed E-state index contributed by atoms with van der Waals surface area (Å²) in [6.45, 7) is 0. The van der Waals surface area contributed by atoms with Gasteiger partial charge in [-0.25, -0.2) is 0 Å². The Hall–Kier alpha value is -1.03. The molecule has 0 bridgehead atoms. The molecule has 2 rings (SSSR count). The van der Waals surface area contributed by atoms with Gasteiger partial charge < -0.3 is 9.84 Å². The number of halogens is 2. The Morgan fingerprint density at radius 3 is 2.63 bits per heavy atom. The van der Waals surface area contributed by atoms with Gasteiger partial charge in [0.1, 0.15) is 5.75 Å². The third-order valence-electron chi connectivity index (χ3n) is 2.94. The van der Waals surface area contributed by atoms with Crippen molar-refractivity contribution in [3.63, 3.8) is 0 Å². The van der Waals surface area contributed by atoms with E-state index in [0.717, 1.165) is 21.3 Å². The van der Waals surface area contributed by atoms with Gasteiger partial charge in [0.2, 0.25) is 0 Å². The van der Waals surface area contributed by atoms with Crippen molar-refractivity contribution in [2.45, 2.75) is 12.5 Å². The lowest BCUT2D eigenvalue weighted by Gasteiger charge is -2.14. The third-order valence-corrected chi connectivity index (χ3v) is 3.99. The minimum absolute atomic E-state index is 0.477. The van der Waals surface area contributed by atoms with Crippen LogP contribution in [-0.2, 0) is 6.42 Å². The molecule has 1 atom stereocenters. The Labute approximate surface area is 126 Å². The average molecular weight is 342 g/mol. The fourth-order valence-corrected chi connectivity index (χ4v) is 2.72. The van der Waals surface area contributed by atoms with Crippen LogP contribution in [-0.4, -0.2) is 12.2 Å². The zero-order valence-corrected chi connectivity index (χ0v) is 12.8. The second-order valence-corrected chi connectivity index (χ2v) is 5.46. The molecule has 100 valence electrons. The molecule has 0 aliphatic rings. The summed E-state index contributed by atoms with van der Waals surface area (Å²) in [4.78, 5) is 0. The summed E-state index contributed by atoms with van der Waals surface area (Å²) in [6, 6.07) is 13.1. The topological polar surface area (TPSA) is 29.5 Å². The number of rotatable bonds is 4. The number of aliphatic hydroxyl groups excluding tert-OH is 1. The zero-order valence-electron chi connectivity index (χ0n) is 10.4. The maximum atomic E-state index is 10.3. The Balaban J connectivity index is 2.21. The average Bonchev–Trinajstić information content (AvgIpc) is 2.41. The number of hydrogen-bond acceptors (Lipinski definition) is 2. The molecule has 0 heterocycles. The van der Waals surface area contributed by atoms with Gasteiger partial charge in [0.15, 0.2) is 0 Å². The number of methoxy groups -OCH3 is 1. The van der Waals surface area contributed by atoms with Crippen LogP contribution in [0.3, 0.4) is 0 Å². The molecule has 0 amide bonds. The first-order chi connectivity index (χ1) is 9.11. The lowest BCUT2D eigenvalue weighted by atomic mass is 10.0. The van der Waals surface area contributed by atoms with Crippen LogP contribution in [0.4, 0.5) is 0 Å². The Morgan fingerprint density at radius 1 is 1.26 bits per heavy atom. The molecule has 0 aliphatic heterocycles. The third kappa shape index (κ3) is 3.50. The van der Waals surface area contributed by atoms with Crippen molar-refractivity contribution in [3.8, 4) is 5.75 Å². The summed E-state index contributed by atoms with van der Waals surface area (Å²) in [5.41, 5.74) is 1.75. The van der Waals surface area contributed by atoms with Crippen LogP contribution in [0, 0.1) is 0 Å². The van der Waals surface area contributed by atoms with Gasteiger partial charge >= 0.3 is 0 Å². The van der Waals surface area contributed by atoms with E-state index in [9.17, 15) is 5.11 Å². The maximum absolute atomic E-state index is 10.3. The lowest BCUT2D eigenvalue weighted by molar-refractivity contribution is 0.177. The zero-order chi connectivity index (χ0) is 13.8. The second kappa shape index (κ2) is 6.42. The van der Waals surface area contributed by atoms with Crippen LogP contribution < -0.4 is 4.74 Å². The molecule has 4 heteroatoms.